The molecule has 0 atom stereocenters. The van der Waals surface area contributed by atoms with Crippen molar-refractivity contribution in [3.8, 4) is 5.88 Å². The molecule has 1 aromatic heterocycles. The van der Waals surface area contributed by atoms with Gasteiger partial charge in [0.15, 0.2) is 0 Å². The van der Waals surface area contributed by atoms with Crippen LogP contribution in [0.15, 0.2) is 5.38 Å². The molecule has 0 unspecified atom stereocenters. The highest BCUT2D eigenvalue weighted by molar-refractivity contribution is 7.09. The second-order valence-electron chi connectivity index (χ2n) is 3.58. The third kappa shape index (κ3) is 3.15. The molecular formula is C10H16N2O2S. The first-order valence-corrected chi connectivity index (χ1v) is 6.07. The highest BCUT2D eigenvalue weighted by Crippen LogP contribution is 2.20. The highest BCUT2D eigenvalue weighted by atomic mass is 32.1. The number of piperidine rings is 1. The van der Waals surface area contributed by atoms with Crippen molar-refractivity contribution in [2.45, 2.75) is 25.6 Å². The molecule has 2 rings (SSSR count). The molecule has 0 aliphatic carbocycles. The van der Waals surface area contributed by atoms with Crippen molar-refractivity contribution >= 4 is 11.3 Å². The van der Waals surface area contributed by atoms with Gasteiger partial charge in [-0.2, -0.15) is 0 Å². The lowest BCUT2D eigenvalue weighted by atomic mass is 10.1. The van der Waals surface area contributed by atoms with E-state index in [1.807, 2.05) is 5.38 Å². The average Bonchev–Trinajstić information content (AvgIpc) is 2.68. The van der Waals surface area contributed by atoms with Gasteiger partial charge in [0.2, 0.25) is 5.88 Å². The van der Waals surface area contributed by atoms with Crippen molar-refractivity contribution in [3.05, 3.63) is 10.4 Å². The van der Waals surface area contributed by atoms with Crippen molar-refractivity contribution < 1.29 is 9.47 Å². The molecule has 15 heavy (non-hydrogen) atoms. The molecule has 0 bridgehead atoms. The summed E-state index contributed by atoms with van der Waals surface area (Å²) < 4.78 is 10.8. The predicted octanol–water partition coefficient (Wildman–Crippen LogP) is 1.42. The van der Waals surface area contributed by atoms with Crippen LogP contribution in [0, 0.1) is 0 Å². The van der Waals surface area contributed by atoms with E-state index in [2.05, 4.69) is 10.3 Å². The Hall–Kier alpha value is -0.650. The van der Waals surface area contributed by atoms with Gasteiger partial charge in [0.25, 0.3) is 0 Å². The van der Waals surface area contributed by atoms with E-state index in [9.17, 15) is 0 Å². The van der Waals surface area contributed by atoms with Crippen LogP contribution in [0.1, 0.15) is 17.8 Å². The molecule has 1 fully saturated rings. The quantitative estimate of drug-likeness (QED) is 0.846. The second-order valence-corrected chi connectivity index (χ2v) is 4.52. The van der Waals surface area contributed by atoms with Gasteiger partial charge in [-0.15, -0.1) is 11.3 Å². The fourth-order valence-corrected chi connectivity index (χ4v) is 2.30. The van der Waals surface area contributed by atoms with Gasteiger partial charge in [-0.3, -0.25) is 0 Å². The summed E-state index contributed by atoms with van der Waals surface area (Å²) in [4.78, 5) is 4.34. The van der Waals surface area contributed by atoms with Crippen LogP contribution in [0.5, 0.6) is 5.88 Å². The van der Waals surface area contributed by atoms with Crippen molar-refractivity contribution in [1.29, 1.82) is 0 Å². The molecule has 2 heterocycles. The number of rotatable bonds is 4. The molecule has 1 aromatic rings. The van der Waals surface area contributed by atoms with Crippen LogP contribution in [0.25, 0.3) is 0 Å². The van der Waals surface area contributed by atoms with E-state index < -0.39 is 0 Å². The van der Waals surface area contributed by atoms with Gasteiger partial charge in [0.1, 0.15) is 11.1 Å². The fourth-order valence-electron chi connectivity index (χ4n) is 1.62. The molecule has 0 saturated carbocycles. The van der Waals surface area contributed by atoms with Gasteiger partial charge in [0, 0.05) is 7.11 Å². The molecule has 1 N–H and O–H groups in total. The van der Waals surface area contributed by atoms with Gasteiger partial charge in [-0.1, -0.05) is 0 Å². The monoisotopic (exact) mass is 228 g/mol. The second kappa shape index (κ2) is 5.44. The van der Waals surface area contributed by atoms with Crippen LogP contribution in [0.2, 0.25) is 0 Å². The Bertz CT molecular complexity index is 297. The van der Waals surface area contributed by atoms with Gasteiger partial charge in [0.05, 0.1) is 12.0 Å². The lowest BCUT2D eigenvalue weighted by Gasteiger charge is -2.22. The smallest absolute Gasteiger partial charge is 0.224 e. The summed E-state index contributed by atoms with van der Waals surface area (Å²) in [7, 11) is 1.68. The first kappa shape index (κ1) is 10.9. The Morgan fingerprint density at radius 1 is 1.53 bits per heavy atom. The molecule has 1 aliphatic heterocycles. The van der Waals surface area contributed by atoms with Crippen molar-refractivity contribution in [3.63, 3.8) is 0 Å². The summed E-state index contributed by atoms with van der Waals surface area (Å²) in [5.74, 6) is 0.749. The van der Waals surface area contributed by atoms with E-state index in [0.29, 0.717) is 12.7 Å². The number of ether oxygens (including phenoxy) is 2. The SMILES string of the molecule is COCc1nc(OC2CCNCC2)cs1. The lowest BCUT2D eigenvalue weighted by molar-refractivity contribution is 0.154. The minimum absolute atomic E-state index is 0.323. The van der Waals surface area contributed by atoms with E-state index in [0.717, 1.165) is 36.8 Å². The number of nitrogens with one attached hydrogen (secondary N) is 1. The van der Waals surface area contributed by atoms with Crippen molar-refractivity contribution in [2.75, 3.05) is 20.2 Å². The maximum Gasteiger partial charge on any atom is 0.224 e. The Morgan fingerprint density at radius 2 is 2.33 bits per heavy atom. The molecule has 4 nitrogen and oxygen atoms in total. The first-order chi connectivity index (χ1) is 7.38. The summed E-state index contributed by atoms with van der Waals surface area (Å²) in [6.45, 7) is 2.65. The van der Waals surface area contributed by atoms with E-state index in [-0.39, 0.29) is 0 Å². The summed E-state index contributed by atoms with van der Waals surface area (Å²) in [5.41, 5.74) is 0. The Balaban J connectivity index is 1.86. The van der Waals surface area contributed by atoms with Gasteiger partial charge < -0.3 is 14.8 Å². The normalized spacial score (nSPS) is 17.9. The van der Waals surface area contributed by atoms with Crippen molar-refractivity contribution in [1.82, 2.24) is 10.3 Å². The Kier molecular flexibility index (Phi) is 3.94. The van der Waals surface area contributed by atoms with Gasteiger partial charge >= 0.3 is 0 Å². The molecule has 0 amide bonds. The summed E-state index contributed by atoms with van der Waals surface area (Å²) >= 11 is 1.59. The van der Waals surface area contributed by atoms with Crippen LogP contribution in [0.3, 0.4) is 0 Å². The summed E-state index contributed by atoms with van der Waals surface area (Å²) in [6.07, 6.45) is 2.46. The van der Waals surface area contributed by atoms with Crippen LogP contribution in [-0.2, 0) is 11.3 Å². The summed E-state index contributed by atoms with van der Waals surface area (Å²) in [5, 5.41) is 6.24. The van der Waals surface area contributed by atoms with Crippen LogP contribution >= 0.6 is 11.3 Å². The molecule has 0 aromatic carbocycles. The molecule has 1 saturated heterocycles. The van der Waals surface area contributed by atoms with E-state index >= 15 is 0 Å². The number of hydrogen-bond acceptors (Lipinski definition) is 5. The van der Waals surface area contributed by atoms with Crippen molar-refractivity contribution in [2.24, 2.45) is 0 Å². The number of thiazole rings is 1. The molecule has 5 heteroatoms. The first-order valence-electron chi connectivity index (χ1n) is 5.19. The topological polar surface area (TPSA) is 43.4 Å². The Morgan fingerprint density at radius 3 is 3.07 bits per heavy atom. The minimum atomic E-state index is 0.323. The molecular weight excluding hydrogens is 212 g/mol. The van der Waals surface area contributed by atoms with Crippen LogP contribution in [0.4, 0.5) is 0 Å². The zero-order valence-electron chi connectivity index (χ0n) is 8.86. The zero-order valence-corrected chi connectivity index (χ0v) is 9.68. The number of hydrogen-bond donors (Lipinski definition) is 1. The number of nitrogens with zero attached hydrogens (tertiary/aromatic N) is 1. The minimum Gasteiger partial charge on any atom is -0.474 e. The van der Waals surface area contributed by atoms with Crippen LogP contribution < -0.4 is 10.1 Å². The van der Waals surface area contributed by atoms with Gasteiger partial charge in [-0.25, -0.2) is 4.98 Å². The van der Waals surface area contributed by atoms with E-state index in [1.54, 1.807) is 18.4 Å². The lowest BCUT2D eigenvalue weighted by Crippen LogP contribution is -2.34. The molecule has 1 aliphatic rings. The van der Waals surface area contributed by atoms with E-state index in [1.165, 1.54) is 0 Å². The standard InChI is InChI=1S/C10H16N2O2S/c1-13-6-10-12-9(7-15-10)14-8-2-4-11-5-3-8/h7-8,11H,2-6H2,1H3. The number of methoxy groups -OCH3 is 1. The number of aromatic nitrogens is 1. The maximum atomic E-state index is 5.79. The van der Waals surface area contributed by atoms with Gasteiger partial charge in [-0.05, 0) is 25.9 Å². The molecule has 0 spiro atoms. The molecule has 84 valence electrons. The Labute approximate surface area is 93.6 Å². The van der Waals surface area contributed by atoms with E-state index in [4.69, 9.17) is 9.47 Å². The largest absolute Gasteiger partial charge is 0.474 e. The average molecular weight is 228 g/mol. The highest BCUT2D eigenvalue weighted by Gasteiger charge is 2.15. The third-order valence-corrected chi connectivity index (χ3v) is 3.17. The third-order valence-electron chi connectivity index (χ3n) is 2.37. The van der Waals surface area contributed by atoms with Crippen LogP contribution in [-0.4, -0.2) is 31.3 Å². The fraction of sp³-hybridized carbons (Fsp3) is 0.700. The summed E-state index contributed by atoms with van der Waals surface area (Å²) in [6, 6.07) is 0. The predicted molar refractivity (Wildman–Crippen MR) is 59.3 cm³/mol. The maximum absolute atomic E-state index is 5.79. The molecule has 0 radical (unpaired) electrons. The zero-order chi connectivity index (χ0) is 10.5.